The van der Waals surface area contributed by atoms with Crippen LogP contribution in [0.2, 0.25) is 0 Å². The van der Waals surface area contributed by atoms with Crippen molar-refractivity contribution in [2.45, 2.75) is 18.8 Å². The monoisotopic (exact) mass is 348 g/mol. The Morgan fingerprint density at radius 2 is 1.60 bits per heavy atom. The first-order chi connectivity index (χ1) is 12.0. The molecule has 0 unspecified atom stereocenters. The van der Waals surface area contributed by atoms with Crippen molar-refractivity contribution < 1.29 is 22.0 Å². The molecule has 0 spiro atoms. The highest BCUT2D eigenvalue weighted by Crippen LogP contribution is 2.43. The van der Waals surface area contributed by atoms with Crippen LogP contribution in [0.4, 0.5) is 22.0 Å². The van der Waals surface area contributed by atoms with E-state index >= 15 is 0 Å². The van der Waals surface area contributed by atoms with Gasteiger partial charge in [-0.3, -0.25) is 0 Å². The van der Waals surface area contributed by atoms with Gasteiger partial charge in [-0.05, 0) is 36.4 Å². The van der Waals surface area contributed by atoms with Gasteiger partial charge in [0.05, 0.1) is 10.9 Å². The van der Waals surface area contributed by atoms with Crippen molar-refractivity contribution in [3.8, 4) is 0 Å². The molecule has 2 aromatic heterocycles. The first-order valence-electron chi connectivity index (χ1n) is 7.74. The van der Waals surface area contributed by atoms with Gasteiger partial charge < -0.3 is 0 Å². The third-order valence-electron chi connectivity index (χ3n) is 4.70. The molecular formula is C18H9F5N2. The maximum atomic E-state index is 14.5. The van der Waals surface area contributed by atoms with E-state index in [-0.39, 0.29) is 16.8 Å². The SMILES string of the molecule is Fc1ccc2cc(C3CC3)n3nc4c(F)c(F)c(F)c(F)c4c3c2c1. The van der Waals surface area contributed by atoms with Gasteiger partial charge in [0.1, 0.15) is 11.3 Å². The average molecular weight is 348 g/mol. The lowest BCUT2D eigenvalue weighted by atomic mass is 10.1. The molecule has 2 aromatic carbocycles. The molecule has 4 aromatic rings. The molecule has 1 fully saturated rings. The minimum absolute atomic E-state index is 0.0456. The van der Waals surface area contributed by atoms with E-state index in [9.17, 15) is 22.0 Å². The summed E-state index contributed by atoms with van der Waals surface area (Å²) >= 11 is 0. The molecule has 2 heterocycles. The number of aromatic nitrogens is 2. The summed E-state index contributed by atoms with van der Waals surface area (Å²) < 4.78 is 71.0. The predicted molar refractivity (Wildman–Crippen MR) is 82.0 cm³/mol. The molecule has 0 atom stereocenters. The summed E-state index contributed by atoms with van der Waals surface area (Å²) in [6.45, 7) is 0. The summed E-state index contributed by atoms with van der Waals surface area (Å²) in [5, 5.41) is 4.37. The van der Waals surface area contributed by atoms with E-state index in [0.717, 1.165) is 18.9 Å². The second-order valence-electron chi connectivity index (χ2n) is 6.31. The fourth-order valence-corrected chi connectivity index (χ4v) is 3.37. The third-order valence-corrected chi connectivity index (χ3v) is 4.70. The van der Waals surface area contributed by atoms with Gasteiger partial charge in [-0.15, -0.1) is 0 Å². The minimum atomic E-state index is -1.91. The van der Waals surface area contributed by atoms with Crippen LogP contribution in [0.5, 0.6) is 0 Å². The van der Waals surface area contributed by atoms with Crippen molar-refractivity contribution in [2.24, 2.45) is 0 Å². The van der Waals surface area contributed by atoms with Gasteiger partial charge in [-0.2, -0.15) is 5.10 Å². The first-order valence-corrected chi connectivity index (χ1v) is 7.74. The Labute approximate surface area is 137 Å². The van der Waals surface area contributed by atoms with Crippen molar-refractivity contribution in [3.05, 3.63) is 59.0 Å². The highest BCUT2D eigenvalue weighted by atomic mass is 19.2. The van der Waals surface area contributed by atoms with Gasteiger partial charge in [0.2, 0.25) is 0 Å². The largest absolute Gasteiger partial charge is 0.235 e. The quantitative estimate of drug-likeness (QED) is 0.262. The highest BCUT2D eigenvalue weighted by Gasteiger charge is 2.31. The molecule has 0 aliphatic heterocycles. The Morgan fingerprint density at radius 1 is 0.880 bits per heavy atom. The molecule has 2 nitrogen and oxygen atoms in total. The summed E-state index contributed by atoms with van der Waals surface area (Å²) in [6.07, 6.45) is 1.76. The van der Waals surface area contributed by atoms with Crippen LogP contribution in [0.15, 0.2) is 24.3 Å². The Kier molecular flexibility index (Phi) is 2.74. The van der Waals surface area contributed by atoms with Gasteiger partial charge >= 0.3 is 0 Å². The molecule has 0 saturated heterocycles. The number of benzene rings is 2. The van der Waals surface area contributed by atoms with Crippen LogP contribution in [-0.4, -0.2) is 9.61 Å². The molecule has 1 aliphatic carbocycles. The van der Waals surface area contributed by atoms with Gasteiger partial charge in [0.25, 0.3) is 0 Å². The second-order valence-corrected chi connectivity index (χ2v) is 6.31. The van der Waals surface area contributed by atoms with E-state index in [1.807, 2.05) is 0 Å². The average Bonchev–Trinajstić information content (AvgIpc) is 3.36. The zero-order chi connectivity index (χ0) is 17.5. The van der Waals surface area contributed by atoms with Gasteiger partial charge in [0, 0.05) is 17.0 Å². The number of halogens is 5. The predicted octanol–water partition coefficient (Wildman–Crippen LogP) is 5.21. The number of fused-ring (bicyclic) bond motifs is 5. The molecular weight excluding hydrogens is 339 g/mol. The first kappa shape index (κ1) is 14.6. The molecule has 1 saturated carbocycles. The molecule has 7 heteroatoms. The fraction of sp³-hybridized carbons (Fsp3) is 0.167. The summed E-state index contributed by atoms with van der Waals surface area (Å²) in [5.74, 6) is -7.32. The van der Waals surface area contributed by atoms with E-state index < -0.39 is 40.0 Å². The summed E-state index contributed by atoms with van der Waals surface area (Å²) in [5.41, 5.74) is 0.129. The highest BCUT2D eigenvalue weighted by molar-refractivity contribution is 6.10. The lowest BCUT2D eigenvalue weighted by Gasteiger charge is -2.08. The standard InChI is InChI=1S/C18H9F5N2/c19-9-4-3-8-5-11(7-1-2-7)25-18(10(8)6-9)12-13(20)14(21)15(22)16(23)17(12)24-25/h3-7H,1-2H2. The van der Waals surface area contributed by atoms with E-state index in [4.69, 9.17) is 0 Å². The third kappa shape index (κ3) is 1.86. The van der Waals surface area contributed by atoms with Gasteiger partial charge in [0.15, 0.2) is 23.3 Å². The number of hydrogen-bond acceptors (Lipinski definition) is 1. The number of hydrogen-bond donors (Lipinski definition) is 0. The fourth-order valence-electron chi connectivity index (χ4n) is 3.37. The second kappa shape index (κ2) is 4.68. The number of pyridine rings is 1. The smallest absolute Gasteiger partial charge is 0.199 e. The van der Waals surface area contributed by atoms with Gasteiger partial charge in [-0.1, -0.05) is 6.07 Å². The molecule has 0 N–H and O–H groups in total. The molecule has 5 rings (SSSR count). The van der Waals surface area contributed by atoms with Crippen LogP contribution >= 0.6 is 0 Å². The summed E-state index contributed by atoms with van der Waals surface area (Å²) in [7, 11) is 0. The van der Waals surface area contributed by atoms with Crippen molar-refractivity contribution >= 4 is 27.2 Å². The number of nitrogens with zero attached hydrogens (tertiary/aromatic N) is 2. The minimum Gasteiger partial charge on any atom is -0.235 e. The van der Waals surface area contributed by atoms with Gasteiger partial charge in [-0.25, -0.2) is 26.5 Å². The number of rotatable bonds is 1. The molecule has 1 aliphatic rings. The van der Waals surface area contributed by atoms with Crippen molar-refractivity contribution in [1.29, 1.82) is 0 Å². The summed E-state index contributed by atoms with van der Waals surface area (Å²) in [4.78, 5) is 0. The Balaban J connectivity index is 2.11. The van der Waals surface area contributed by atoms with Crippen LogP contribution < -0.4 is 0 Å². The maximum Gasteiger partial charge on any atom is 0.199 e. The van der Waals surface area contributed by atoms with Crippen LogP contribution in [0, 0.1) is 29.1 Å². The van der Waals surface area contributed by atoms with Crippen molar-refractivity contribution in [1.82, 2.24) is 9.61 Å². The Hall–Kier alpha value is -2.70. The summed E-state index contributed by atoms with van der Waals surface area (Å²) in [6, 6.07) is 5.70. The van der Waals surface area contributed by atoms with Crippen molar-refractivity contribution in [2.75, 3.05) is 0 Å². The van der Waals surface area contributed by atoms with Crippen molar-refractivity contribution in [3.63, 3.8) is 0 Å². The molecule has 0 radical (unpaired) electrons. The molecule has 126 valence electrons. The molecule has 25 heavy (non-hydrogen) atoms. The van der Waals surface area contributed by atoms with Crippen LogP contribution in [-0.2, 0) is 0 Å². The van der Waals surface area contributed by atoms with E-state index in [0.29, 0.717) is 11.1 Å². The van der Waals surface area contributed by atoms with Crippen LogP contribution in [0.1, 0.15) is 24.5 Å². The zero-order valence-corrected chi connectivity index (χ0v) is 12.6. The maximum absolute atomic E-state index is 14.5. The van der Waals surface area contributed by atoms with E-state index in [1.165, 1.54) is 16.6 Å². The molecule has 0 bridgehead atoms. The molecule has 0 amide bonds. The topological polar surface area (TPSA) is 17.3 Å². The normalized spacial score (nSPS) is 14.9. The Morgan fingerprint density at radius 3 is 2.32 bits per heavy atom. The van der Waals surface area contributed by atoms with E-state index in [2.05, 4.69) is 5.10 Å². The lowest BCUT2D eigenvalue weighted by molar-refractivity contribution is 0.417. The lowest BCUT2D eigenvalue weighted by Crippen LogP contribution is -1.98. The Bertz CT molecular complexity index is 1210. The van der Waals surface area contributed by atoms with Crippen LogP contribution in [0.3, 0.4) is 0 Å². The zero-order valence-electron chi connectivity index (χ0n) is 12.6. The van der Waals surface area contributed by atoms with Crippen LogP contribution in [0.25, 0.3) is 27.2 Å². The van der Waals surface area contributed by atoms with E-state index in [1.54, 1.807) is 6.07 Å².